The quantitative estimate of drug-likeness (QED) is 0.216. The number of rotatable bonds is 10. The summed E-state index contributed by atoms with van der Waals surface area (Å²) in [5, 5.41) is -2.39. The van der Waals surface area contributed by atoms with Crippen LogP contribution in [0.4, 0.5) is 4.39 Å². The van der Waals surface area contributed by atoms with Gasteiger partial charge in [-0.25, -0.2) is 4.39 Å². The molecule has 0 saturated heterocycles. The standard InChI is InChI=1S/C23H38FO3PSi/c1-9-26-28(25,27-10-2)23(24,18-22-14-12-11-13-15-22)16-17-29(19(3)4,20(5)6)21(7)8/h11-15,19-21H,9-10,18H2,1-8H3. The summed E-state index contributed by atoms with van der Waals surface area (Å²) in [4.78, 5) is 0. The second-order valence-corrected chi connectivity index (χ2v) is 16.2. The fourth-order valence-electron chi connectivity index (χ4n) is 4.29. The molecular formula is C23H38FO3PSi. The summed E-state index contributed by atoms with van der Waals surface area (Å²) in [6.07, 6.45) is -0.128. The highest BCUT2D eigenvalue weighted by atomic mass is 31.2. The van der Waals surface area contributed by atoms with Crippen LogP contribution in [0.3, 0.4) is 0 Å². The molecule has 3 nitrogen and oxygen atoms in total. The molecule has 1 unspecified atom stereocenters. The van der Waals surface area contributed by atoms with Crippen LogP contribution >= 0.6 is 7.60 Å². The summed E-state index contributed by atoms with van der Waals surface area (Å²) in [5.41, 5.74) is 5.14. The first kappa shape index (κ1) is 26.1. The zero-order valence-corrected chi connectivity index (χ0v) is 21.2. The summed E-state index contributed by atoms with van der Waals surface area (Å²) in [7, 11) is -6.31. The molecule has 0 bridgehead atoms. The van der Waals surface area contributed by atoms with E-state index in [1.54, 1.807) is 13.8 Å². The van der Waals surface area contributed by atoms with Crippen molar-refractivity contribution in [3.05, 3.63) is 35.9 Å². The lowest BCUT2D eigenvalue weighted by molar-refractivity contribution is 0.168. The van der Waals surface area contributed by atoms with Gasteiger partial charge >= 0.3 is 7.60 Å². The molecule has 1 aromatic carbocycles. The summed E-state index contributed by atoms with van der Waals surface area (Å²) in [6.45, 7) is 16.6. The average molecular weight is 441 g/mol. The SMILES string of the molecule is CCOP(=O)(OCC)C(F)(C#C[Si](C(C)C)(C(C)C)C(C)C)Cc1ccccc1. The van der Waals surface area contributed by atoms with Gasteiger partial charge in [0, 0.05) is 6.42 Å². The molecule has 29 heavy (non-hydrogen) atoms. The molecule has 0 aromatic heterocycles. The molecule has 0 fully saturated rings. The van der Waals surface area contributed by atoms with Gasteiger partial charge in [0.2, 0.25) is 0 Å². The fraction of sp³-hybridized carbons (Fsp3) is 0.652. The van der Waals surface area contributed by atoms with Gasteiger partial charge < -0.3 is 9.05 Å². The molecule has 0 spiro atoms. The zero-order chi connectivity index (χ0) is 22.3. The summed E-state index contributed by atoms with van der Waals surface area (Å²) >= 11 is 0. The molecule has 0 saturated carbocycles. The average Bonchev–Trinajstić information content (AvgIpc) is 2.62. The van der Waals surface area contributed by atoms with Crippen molar-refractivity contribution in [2.24, 2.45) is 0 Å². The molecule has 0 N–H and O–H groups in total. The van der Waals surface area contributed by atoms with Crippen LogP contribution in [-0.4, -0.2) is 26.7 Å². The number of alkyl halides is 1. The number of benzene rings is 1. The minimum absolute atomic E-state index is 0.0977. The molecule has 0 heterocycles. The maximum atomic E-state index is 16.6. The van der Waals surface area contributed by atoms with E-state index >= 15 is 4.39 Å². The van der Waals surface area contributed by atoms with Crippen LogP contribution in [0.1, 0.15) is 61.0 Å². The topological polar surface area (TPSA) is 35.5 Å². The lowest BCUT2D eigenvalue weighted by Crippen LogP contribution is -2.44. The largest absolute Gasteiger partial charge is 0.380 e. The van der Waals surface area contributed by atoms with E-state index in [1.807, 2.05) is 30.3 Å². The maximum Gasteiger partial charge on any atom is 0.380 e. The van der Waals surface area contributed by atoms with E-state index in [9.17, 15) is 4.57 Å². The van der Waals surface area contributed by atoms with Crippen LogP contribution in [0.2, 0.25) is 16.6 Å². The van der Waals surface area contributed by atoms with Crippen LogP contribution < -0.4 is 0 Å². The van der Waals surface area contributed by atoms with Crippen molar-refractivity contribution in [2.45, 2.75) is 83.8 Å². The third kappa shape index (κ3) is 5.82. The van der Waals surface area contributed by atoms with Gasteiger partial charge in [-0.05, 0) is 36.0 Å². The van der Waals surface area contributed by atoms with Crippen LogP contribution in [0.5, 0.6) is 0 Å². The Hall–Kier alpha value is -0.923. The monoisotopic (exact) mass is 440 g/mol. The lowest BCUT2D eigenvalue weighted by Gasteiger charge is -2.38. The number of halogens is 1. The van der Waals surface area contributed by atoms with Gasteiger partial charge in [-0.2, -0.15) is 0 Å². The van der Waals surface area contributed by atoms with Gasteiger partial charge in [0.15, 0.2) is 0 Å². The number of hydrogen-bond acceptors (Lipinski definition) is 3. The van der Waals surface area contributed by atoms with E-state index in [2.05, 4.69) is 53.0 Å². The molecule has 0 radical (unpaired) electrons. The highest BCUT2D eigenvalue weighted by molar-refractivity contribution is 7.55. The van der Waals surface area contributed by atoms with E-state index in [4.69, 9.17) is 9.05 Å². The van der Waals surface area contributed by atoms with E-state index in [-0.39, 0.29) is 19.6 Å². The molecule has 0 aliphatic heterocycles. The third-order valence-corrected chi connectivity index (χ3v) is 14.3. The molecule has 6 heteroatoms. The second kappa shape index (κ2) is 10.9. The predicted molar refractivity (Wildman–Crippen MR) is 124 cm³/mol. The Labute approximate surface area is 178 Å². The first-order chi connectivity index (χ1) is 13.5. The minimum atomic E-state index is -4.10. The highest BCUT2D eigenvalue weighted by Gasteiger charge is 2.52. The van der Waals surface area contributed by atoms with Crippen molar-refractivity contribution in [3.8, 4) is 11.5 Å². The van der Waals surface area contributed by atoms with Crippen molar-refractivity contribution >= 4 is 15.7 Å². The van der Waals surface area contributed by atoms with E-state index in [0.717, 1.165) is 5.56 Å². The van der Waals surface area contributed by atoms with Gasteiger partial charge in [-0.3, -0.25) is 4.57 Å². The van der Waals surface area contributed by atoms with Gasteiger partial charge in [0.1, 0.15) is 8.07 Å². The summed E-state index contributed by atoms with van der Waals surface area (Å²) in [6, 6.07) is 9.18. The maximum absolute atomic E-state index is 16.6. The molecular weight excluding hydrogens is 402 g/mol. The molecule has 1 rings (SSSR count). The van der Waals surface area contributed by atoms with E-state index < -0.39 is 21.1 Å². The van der Waals surface area contributed by atoms with Crippen LogP contribution in [0, 0.1) is 11.5 Å². The fourth-order valence-corrected chi connectivity index (χ4v) is 11.4. The van der Waals surface area contributed by atoms with Gasteiger partial charge in [0.05, 0.1) is 13.2 Å². The lowest BCUT2D eigenvalue weighted by atomic mass is 10.1. The molecule has 1 aromatic rings. The Morgan fingerprint density at radius 3 is 1.79 bits per heavy atom. The highest BCUT2D eigenvalue weighted by Crippen LogP contribution is 2.62. The van der Waals surface area contributed by atoms with Gasteiger partial charge in [0.25, 0.3) is 5.41 Å². The summed E-state index contributed by atoms with van der Waals surface area (Å²) in [5.74, 6) is 2.87. The van der Waals surface area contributed by atoms with Crippen molar-refractivity contribution in [2.75, 3.05) is 13.2 Å². The third-order valence-electron chi connectivity index (χ3n) is 5.65. The Morgan fingerprint density at radius 1 is 0.966 bits per heavy atom. The van der Waals surface area contributed by atoms with Gasteiger partial charge in [-0.15, -0.1) is 5.54 Å². The Kier molecular flexibility index (Phi) is 9.83. The summed E-state index contributed by atoms with van der Waals surface area (Å²) < 4.78 is 41.0. The predicted octanol–water partition coefficient (Wildman–Crippen LogP) is 7.38. The first-order valence-corrected chi connectivity index (χ1v) is 14.4. The van der Waals surface area contributed by atoms with Crippen LogP contribution in [0.25, 0.3) is 0 Å². The minimum Gasteiger partial charge on any atom is -0.306 e. The normalized spacial score (nSPS) is 14.8. The van der Waals surface area contributed by atoms with E-state index in [0.29, 0.717) is 16.6 Å². The number of hydrogen-bond donors (Lipinski definition) is 0. The van der Waals surface area contributed by atoms with Crippen LogP contribution in [-0.2, 0) is 20.0 Å². The van der Waals surface area contributed by atoms with Crippen molar-refractivity contribution < 1.29 is 18.0 Å². The van der Waals surface area contributed by atoms with Gasteiger partial charge in [-0.1, -0.05) is 77.8 Å². The molecule has 1 atom stereocenters. The first-order valence-electron chi connectivity index (χ1n) is 10.6. The molecule has 0 amide bonds. The molecule has 0 aliphatic rings. The van der Waals surface area contributed by atoms with Crippen molar-refractivity contribution in [3.63, 3.8) is 0 Å². The Bertz CT molecular complexity index is 708. The van der Waals surface area contributed by atoms with Crippen molar-refractivity contribution in [1.82, 2.24) is 0 Å². The second-order valence-electron chi connectivity index (χ2n) is 8.40. The zero-order valence-electron chi connectivity index (χ0n) is 19.3. The van der Waals surface area contributed by atoms with E-state index in [1.165, 1.54) is 0 Å². The van der Waals surface area contributed by atoms with Crippen LogP contribution in [0.15, 0.2) is 30.3 Å². The smallest absolute Gasteiger partial charge is 0.306 e. The molecule has 0 aliphatic carbocycles. The van der Waals surface area contributed by atoms with Crippen molar-refractivity contribution in [1.29, 1.82) is 0 Å². The Morgan fingerprint density at radius 2 is 1.41 bits per heavy atom. The Balaban J connectivity index is 3.65. The molecule has 164 valence electrons.